The Morgan fingerprint density at radius 1 is 1.19 bits per heavy atom. The zero-order valence-electron chi connectivity index (χ0n) is 21.7. The van der Waals surface area contributed by atoms with Crippen LogP contribution >= 0.6 is 0 Å². The van der Waals surface area contributed by atoms with E-state index in [0.29, 0.717) is 29.2 Å². The van der Waals surface area contributed by atoms with Gasteiger partial charge in [0, 0.05) is 44.8 Å². The summed E-state index contributed by atoms with van der Waals surface area (Å²) < 4.78 is 26.2. The van der Waals surface area contributed by atoms with Gasteiger partial charge in [-0.15, -0.1) is 0 Å². The number of hydrogen-bond donors (Lipinski definition) is 1. The molecule has 1 unspecified atom stereocenters. The molecule has 1 saturated heterocycles. The van der Waals surface area contributed by atoms with E-state index < -0.39 is 15.8 Å². The van der Waals surface area contributed by atoms with Gasteiger partial charge >= 0.3 is 5.97 Å². The molecule has 0 amide bonds. The highest BCUT2D eigenvalue weighted by atomic mass is 32.2. The third-order valence-corrected chi connectivity index (χ3v) is 10.9. The van der Waals surface area contributed by atoms with Crippen LogP contribution in [0, 0.1) is 5.92 Å². The number of fused-ring (bicyclic) bond motifs is 1. The summed E-state index contributed by atoms with van der Waals surface area (Å²) >= 11 is 0. The predicted molar refractivity (Wildman–Crippen MR) is 141 cm³/mol. The molecule has 1 aromatic carbocycles. The highest BCUT2D eigenvalue weighted by molar-refractivity contribution is 7.91. The number of carboxylic acid groups (broad SMARTS) is 1. The van der Waals surface area contributed by atoms with Gasteiger partial charge < -0.3 is 9.94 Å². The number of carboxylic acids is 1. The van der Waals surface area contributed by atoms with E-state index in [1.807, 2.05) is 6.08 Å². The van der Waals surface area contributed by atoms with Crippen LogP contribution < -0.4 is 0 Å². The lowest BCUT2D eigenvalue weighted by Gasteiger charge is -2.38. The first-order valence-electron chi connectivity index (χ1n) is 13.5. The predicted octanol–water partition coefficient (Wildman–Crippen LogP) is 4.72. The SMILES string of the molecule is CC1(C)CCS(=O)(=O)c2c(C3CC3)cc(CN3CCC4(CC3)CC(C3C=CC(C(=O)O)=CC3)=NO4)cc21. The fraction of sp³-hybridized carbons (Fsp3) is 0.586. The van der Waals surface area contributed by atoms with E-state index in [4.69, 9.17) is 9.94 Å². The van der Waals surface area contributed by atoms with Crippen molar-refractivity contribution in [2.45, 2.75) is 87.2 Å². The Bertz CT molecular complexity index is 1330. The van der Waals surface area contributed by atoms with Crippen LogP contribution in [-0.4, -0.2) is 54.5 Å². The Morgan fingerprint density at radius 2 is 1.95 bits per heavy atom. The minimum Gasteiger partial charge on any atom is -0.478 e. The minimum atomic E-state index is -3.22. The number of benzene rings is 1. The number of nitrogens with zero attached hydrogens (tertiary/aromatic N) is 2. The zero-order chi connectivity index (χ0) is 26.0. The van der Waals surface area contributed by atoms with E-state index in [1.165, 1.54) is 5.56 Å². The average Bonchev–Trinajstić information content (AvgIpc) is 3.64. The third-order valence-electron chi connectivity index (χ3n) is 9.04. The number of allylic oxidation sites excluding steroid dienone is 2. The monoisotopic (exact) mass is 524 g/mol. The average molecular weight is 525 g/mol. The Morgan fingerprint density at radius 3 is 2.59 bits per heavy atom. The van der Waals surface area contributed by atoms with Gasteiger partial charge in [0.15, 0.2) is 9.84 Å². The zero-order valence-corrected chi connectivity index (χ0v) is 22.5. The van der Waals surface area contributed by atoms with E-state index in [1.54, 1.807) is 12.2 Å². The lowest BCUT2D eigenvalue weighted by atomic mass is 9.79. The smallest absolute Gasteiger partial charge is 0.335 e. The van der Waals surface area contributed by atoms with Gasteiger partial charge in [-0.05, 0) is 53.7 Å². The second-order valence-corrected chi connectivity index (χ2v) is 14.3. The summed E-state index contributed by atoms with van der Waals surface area (Å²) in [7, 11) is -3.22. The van der Waals surface area contributed by atoms with Crippen LogP contribution in [-0.2, 0) is 31.4 Å². The van der Waals surface area contributed by atoms with Gasteiger partial charge in [0.05, 0.1) is 21.9 Å². The fourth-order valence-electron chi connectivity index (χ4n) is 6.40. The molecule has 1 spiro atoms. The van der Waals surface area contributed by atoms with E-state index in [0.717, 1.165) is 68.6 Å². The summed E-state index contributed by atoms with van der Waals surface area (Å²) in [4.78, 5) is 20.3. The van der Waals surface area contributed by atoms with E-state index >= 15 is 0 Å². The van der Waals surface area contributed by atoms with Crippen molar-refractivity contribution in [1.82, 2.24) is 4.90 Å². The van der Waals surface area contributed by atoms with Gasteiger partial charge in [0.2, 0.25) is 0 Å². The second kappa shape index (κ2) is 8.80. The molecule has 0 radical (unpaired) electrons. The Kier molecular flexibility index (Phi) is 5.91. The van der Waals surface area contributed by atoms with Gasteiger partial charge in [-0.1, -0.05) is 49.4 Å². The molecule has 2 fully saturated rings. The maximum absolute atomic E-state index is 13.1. The van der Waals surface area contributed by atoms with E-state index in [9.17, 15) is 13.2 Å². The molecule has 1 atom stereocenters. The molecular weight excluding hydrogens is 488 g/mol. The number of piperidine rings is 1. The molecule has 8 heteroatoms. The molecule has 6 rings (SSSR count). The lowest BCUT2D eigenvalue weighted by Crippen LogP contribution is -2.44. The summed E-state index contributed by atoms with van der Waals surface area (Å²) in [6, 6.07) is 4.35. The fourth-order valence-corrected chi connectivity index (χ4v) is 8.64. The highest BCUT2D eigenvalue weighted by Crippen LogP contribution is 2.49. The van der Waals surface area contributed by atoms with Crippen LogP contribution in [0.1, 0.15) is 81.4 Å². The summed E-state index contributed by atoms with van der Waals surface area (Å²) in [5.74, 6) is -0.148. The van der Waals surface area contributed by atoms with Crippen LogP contribution in [0.4, 0.5) is 0 Å². The van der Waals surface area contributed by atoms with Crippen molar-refractivity contribution >= 4 is 21.5 Å². The van der Waals surface area contributed by atoms with Crippen LogP contribution in [0.25, 0.3) is 0 Å². The summed E-state index contributed by atoms with van der Waals surface area (Å²) in [5.41, 5.74) is 4.26. The standard InChI is InChI=1S/C29H36N2O5S/c1-28(2)11-14-37(34,35)26-23(20-3-4-20)15-19(16-24(26)28)18-31-12-9-29(10-13-31)17-25(30-36-29)21-5-7-22(8-6-21)27(32)33/h5,7-8,15-16,20-21H,3-4,6,9-14,17-18H2,1-2H3,(H,32,33). The summed E-state index contributed by atoms with van der Waals surface area (Å²) in [6.07, 6.45) is 11.5. The maximum Gasteiger partial charge on any atom is 0.335 e. The molecule has 37 heavy (non-hydrogen) atoms. The molecule has 5 aliphatic rings. The second-order valence-electron chi connectivity index (χ2n) is 12.3. The van der Waals surface area contributed by atoms with Crippen molar-refractivity contribution in [1.29, 1.82) is 0 Å². The minimum absolute atomic E-state index is 0.108. The molecule has 1 N–H and O–H groups in total. The van der Waals surface area contributed by atoms with Gasteiger partial charge in [-0.2, -0.15) is 0 Å². The first-order valence-corrected chi connectivity index (χ1v) is 15.2. The van der Waals surface area contributed by atoms with Crippen molar-refractivity contribution in [2.75, 3.05) is 18.8 Å². The number of sulfone groups is 1. The van der Waals surface area contributed by atoms with E-state index in [2.05, 4.69) is 36.0 Å². The summed E-state index contributed by atoms with van der Waals surface area (Å²) in [6.45, 7) is 7.00. The number of hydrogen-bond acceptors (Lipinski definition) is 6. The molecule has 2 aliphatic carbocycles. The van der Waals surface area contributed by atoms with Crippen molar-refractivity contribution in [3.05, 3.63) is 52.6 Å². The molecule has 0 bridgehead atoms. The lowest BCUT2D eigenvalue weighted by molar-refractivity contribution is -0.132. The number of aliphatic carboxylic acids is 1. The van der Waals surface area contributed by atoms with Gasteiger partial charge in [-0.3, -0.25) is 4.90 Å². The van der Waals surface area contributed by atoms with Crippen molar-refractivity contribution in [2.24, 2.45) is 11.1 Å². The van der Waals surface area contributed by atoms with E-state index in [-0.39, 0.29) is 22.7 Å². The molecule has 198 valence electrons. The van der Waals surface area contributed by atoms with Crippen LogP contribution in [0.3, 0.4) is 0 Å². The highest BCUT2D eigenvalue weighted by Gasteiger charge is 2.44. The molecule has 3 heterocycles. The number of carbonyl (C=O) groups is 1. The molecule has 1 aromatic rings. The Balaban J connectivity index is 1.13. The normalized spacial score (nSPS) is 27.8. The van der Waals surface area contributed by atoms with Crippen LogP contribution in [0.15, 0.2) is 46.0 Å². The first-order chi connectivity index (χ1) is 17.6. The number of oxime groups is 1. The molecule has 3 aliphatic heterocycles. The van der Waals surface area contributed by atoms with Gasteiger partial charge in [0.1, 0.15) is 5.60 Å². The van der Waals surface area contributed by atoms with Crippen molar-refractivity contribution in [3.8, 4) is 0 Å². The number of rotatable bonds is 5. The first kappa shape index (κ1) is 24.9. The molecular formula is C29H36N2O5S. The summed E-state index contributed by atoms with van der Waals surface area (Å²) in [5, 5.41) is 13.6. The van der Waals surface area contributed by atoms with Crippen molar-refractivity contribution < 1.29 is 23.2 Å². The Hall–Kier alpha value is -2.45. The third kappa shape index (κ3) is 4.67. The van der Waals surface area contributed by atoms with Crippen molar-refractivity contribution in [3.63, 3.8) is 0 Å². The van der Waals surface area contributed by atoms with Crippen LogP contribution in [0.2, 0.25) is 0 Å². The Labute approximate surface area is 219 Å². The maximum atomic E-state index is 13.1. The molecule has 1 saturated carbocycles. The molecule has 7 nitrogen and oxygen atoms in total. The molecule has 0 aromatic heterocycles. The van der Waals surface area contributed by atoms with Gasteiger partial charge in [0.25, 0.3) is 0 Å². The largest absolute Gasteiger partial charge is 0.478 e. The topological polar surface area (TPSA) is 96.3 Å². The van der Waals surface area contributed by atoms with Gasteiger partial charge in [-0.25, -0.2) is 13.2 Å². The quantitative estimate of drug-likeness (QED) is 0.599. The number of likely N-dealkylation sites (tertiary alicyclic amines) is 1. The van der Waals surface area contributed by atoms with Crippen LogP contribution in [0.5, 0.6) is 0 Å².